The molecule has 0 bridgehead atoms. The average molecular weight is 320 g/mol. The lowest BCUT2D eigenvalue weighted by Gasteiger charge is -2.04. The van der Waals surface area contributed by atoms with E-state index in [0.717, 1.165) is 11.3 Å². The number of nitrogens with one attached hydrogen (secondary N) is 1. The van der Waals surface area contributed by atoms with Crippen molar-refractivity contribution in [1.82, 2.24) is 24.9 Å². The third kappa shape index (κ3) is 5.43. The molecule has 0 aliphatic carbocycles. The monoisotopic (exact) mass is 319 g/mol. The number of hydrogen-bond donors (Lipinski definition) is 1. The van der Waals surface area contributed by atoms with Crippen molar-refractivity contribution in [2.45, 2.75) is 45.9 Å². The summed E-state index contributed by atoms with van der Waals surface area (Å²) in [7, 11) is 0. The van der Waals surface area contributed by atoms with E-state index in [9.17, 15) is 8.78 Å². The molecule has 0 radical (unpaired) electrons. The maximum absolute atomic E-state index is 12.2. The molecule has 2 aromatic heterocycles. The Morgan fingerprint density at radius 1 is 1.29 bits per heavy atom. The summed E-state index contributed by atoms with van der Waals surface area (Å²) in [5.74, 6) is 0. The van der Waals surface area contributed by atoms with Gasteiger partial charge in [0.15, 0.2) is 0 Å². The molecule has 2 rings (SSSR count). The van der Waals surface area contributed by atoms with Crippen LogP contribution in [0.5, 0.6) is 0 Å². The van der Waals surface area contributed by atoms with Gasteiger partial charge in [-0.3, -0.25) is 9.36 Å². The molecule has 1 N–H and O–H groups in total. The summed E-state index contributed by atoms with van der Waals surface area (Å²) in [6, 6.07) is 2.31. The zero-order chi connectivity index (χ0) is 14.5. The van der Waals surface area contributed by atoms with E-state index in [2.05, 4.69) is 29.4 Å². The second kappa shape index (κ2) is 8.09. The van der Waals surface area contributed by atoms with Crippen LogP contribution in [0.15, 0.2) is 24.7 Å². The molecule has 0 aromatic carbocycles. The average Bonchev–Trinajstić information content (AvgIpc) is 2.98. The molecule has 0 saturated heterocycles. The Morgan fingerprint density at radius 3 is 2.67 bits per heavy atom. The lowest BCUT2D eigenvalue weighted by atomic mass is 10.3. The largest absolute Gasteiger partial charge is 0.307 e. The molecule has 8 heteroatoms. The van der Waals surface area contributed by atoms with Gasteiger partial charge in [-0.15, -0.1) is 12.4 Å². The van der Waals surface area contributed by atoms with Crippen LogP contribution in [0.3, 0.4) is 0 Å². The summed E-state index contributed by atoms with van der Waals surface area (Å²) < 4.78 is 27.5. The SMILES string of the molecule is CC(C)n1ccc(CNCc2cnn(CC(F)F)c2)n1.Cl. The molecule has 0 unspecified atom stereocenters. The molecule has 0 fully saturated rings. The fraction of sp³-hybridized carbons (Fsp3) is 0.538. The van der Waals surface area contributed by atoms with Crippen LogP contribution in [0.2, 0.25) is 0 Å². The van der Waals surface area contributed by atoms with Gasteiger partial charge < -0.3 is 5.32 Å². The van der Waals surface area contributed by atoms with Crippen LogP contribution in [0.1, 0.15) is 31.1 Å². The van der Waals surface area contributed by atoms with Crippen molar-refractivity contribution in [2.75, 3.05) is 0 Å². The van der Waals surface area contributed by atoms with Crippen molar-refractivity contribution < 1.29 is 8.78 Å². The highest BCUT2D eigenvalue weighted by molar-refractivity contribution is 5.85. The van der Waals surface area contributed by atoms with Gasteiger partial charge in [-0.25, -0.2) is 8.78 Å². The van der Waals surface area contributed by atoms with E-state index in [1.165, 1.54) is 4.68 Å². The van der Waals surface area contributed by atoms with Crippen LogP contribution < -0.4 is 5.32 Å². The maximum Gasteiger partial charge on any atom is 0.257 e. The first kappa shape index (κ1) is 17.6. The minimum absolute atomic E-state index is 0. The van der Waals surface area contributed by atoms with Crippen LogP contribution in [-0.2, 0) is 19.6 Å². The summed E-state index contributed by atoms with van der Waals surface area (Å²) in [6.07, 6.45) is 2.80. The van der Waals surface area contributed by atoms with Gasteiger partial charge >= 0.3 is 0 Å². The first-order valence-corrected chi connectivity index (χ1v) is 6.59. The molecular formula is C13H20ClF2N5. The highest BCUT2D eigenvalue weighted by atomic mass is 35.5. The Labute approximate surface area is 128 Å². The molecule has 0 atom stereocenters. The number of aromatic nitrogens is 4. The minimum Gasteiger partial charge on any atom is -0.307 e. The number of rotatable bonds is 7. The van der Waals surface area contributed by atoms with Gasteiger partial charge in [0, 0.05) is 37.1 Å². The fourth-order valence-electron chi connectivity index (χ4n) is 1.83. The Kier molecular flexibility index (Phi) is 6.77. The van der Waals surface area contributed by atoms with Crippen molar-refractivity contribution in [2.24, 2.45) is 0 Å². The zero-order valence-electron chi connectivity index (χ0n) is 12.0. The Morgan fingerprint density at radius 2 is 2.05 bits per heavy atom. The topological polar surface area (TPSA) is 47.7 Å². The van der Waals surface area contributed by atoms with E-state index in [4.69, 9.17) is 0 Å². The fourth-order valence-corrected chi connectivity index (χ4v) is 1.83. The third-order valence-electron chi connectivity index (χ3n) is 2.84. The van der Waals surface area contributed by atoms with Gasteiger partial charge in [-0.1, -0.05) is 0 Å². The van der Waals surface area contributed by atoms with Gasteiger partial charge in [0.25, 0.3) is 6.43 Å². The molecule has 0 spiro atoms. The second-order valence-electron chi connectivity index (χ2n) is 4.95. The van der Waals surface area contributed by atoms with Gasteiger partial charge in [0.2, 0.25) is 0 Å². The molecule has 118 valence electrons. The number of nitrogens with zero attached hydrogens (tertiary/aromatic N) is 4. The zero-order valence-corrected chi connectivity index (χ0v) is 12.9. The normalized spacial score (nSPS) is 11.1. The van der Waals surface area contributed by atoms with E-state index < -0.39 is 6.43 Å². The molecule has 2 aromatic rings. The number of alkyl halides is 2. The van der Waals surface area contributed by atoms with Crippen LogP contribution in [0.25, 0.3) is 0 Å². The van der Waals surface area contributed by atoms with Crippen molar-refractivity contribution in [3.63, 3.8) is 0 Å². The van der Waals surface area contributed by atoms with Crippen molar-refractivity contribution >= 4 is 12.4 Å². The van der Waals surface area contributed by atoms with Crippen LogP contribution in [0.4, 0.5) is 8.78 Å². The van der Waals surface area contributed by atoms with E-state index in [1.807, 2.05) is 16.9 Å². The van der Waals surface area contributed by atoms with Crippen molar-refractivity contribution in [3.8, 4) is 0 Å². The lowest BCUT2D eigenvalue weighted by molar-refractivity contribution is 0.122. The quantitative estimate of drug-likeness (QED) is 0.853. The van der Waals surface area contributed by atoms with Gasteiger partial charge in [0.1, 0.15) is 6.54 Å². The number of hydrogen-bond acceptors (Lipinski definition) is 3. The highest BCUT2D eigenvalue weighted by Gasteiger charge is 2.06. The maximum atomic E-state index is 12.2. The second-order valence-corrected chi connectivity index (χ2v) is 4.95. The molecule has 5 nitrogen and oxygen atoms in total. The molecular weight excluding hydrogens is 300 g/mol. The van der Waals surface area contributed by atoms with Gasteiger partial charge in [-0.2, -0.15) is 10.2 Å². The predicted molar refractivity (Wildman–Crippen MR) is 78.6 cm³/mol. The standard InChI is InChI=1S/C13H19F2N5.ClH/c1-10(2)20-4-3-12(18-20)7-16-5-11-6-17-19(8-11)9-13(14)15;/h3-4,6,8,10,13,16H,5,7,9H2,1-2H3;1H. The molecule has 21 heavy (non-hydrogen) atoms. The van der Waals surface area contributed by atoms with Crippen LogP contribution in [-0.4, -0.2) is 26.0 Å². The first-order chi connectivity index (χ1) is 9.54. The Balaban J connectivity index is 0.00000220. The predicted octanol–water partition coefficient (Wildman–Crippen LogP) is 2.64. The summed E-state index contributed by atoms with van der Waals surface area (Å²) in [6.45, 7) is 5.00. The minimum atomic E-state index is -2.38. The molecule has 0 aliphatic rings. The van der Waals surface area contributed by atoms with Crippen LogP contribution >= 0.6 is 12.4 Å². The first-order valence-electron chi connectivity index (χ1n) is 6.59. The number of halogens is 3. The van der Waals surface area contributed by atoms with E-state index >= 15 is 0 Å². The highest BCUT2D eigenvalue weighted by Crippen LogP contribution is 2.05. The lowest BCUT2D eigenvalue weighted by Crippen LogP contribution is -2.13. The Hall–Kier alpha value is -1.47. The van der Waals surface area contributed by atoms with Gasteiger partial charge in [0.05, 0.1) is 11.9 Å². The van der Waals surface area contributed by atoms with E-state index in [-0.39, 0.29) is 19.0 Å². The Bertz CT molecular complexity index is 538. The smallest absolute Gasteiger partial charge is 0.257 e. The van der Waals surface area contributed by atoms with Crippen LogP contribution in [0, 0.1) is 0 Å². The summed E-state index contributed by atoms with van der Waals surface area (Å²) in [5.41, 5.74) is 1.84. The molecule has 2 heterocycles. The summed E-state index contributed by atoms with van der Waals surface area (Å²) >= 11 is 0. The van der Waals surface area contributed by atoms with Crippen molar-refractivity contribution in [1.29, 1.82) is 0 Å². The third-order valence-corrected chi connectivity index (χ3v) is 2.84. The van der Waals surface area contributed by atoms with E-state index in [0.29, 0.717) is 19.1 Å². The van der Waals surface area contributed by atoms with Crippen molar-refractivity contribution in [3.05, 3.63) is 35.9 Å². The van der Waals surface area contributed by atoms with Gasteiger partial charge in [-0.05, 0) is 19.9 Å². The molecule has 0 amide bonds. The molecule has 0 saturated carbocycles. The summed E-state index contributed by atoms with van der Waals surface area (Å²) in [4.78, 5) is 0. The summed E-state index contributed by atoms with van der Waals surface area (Å²) in [5, 5.41) is 11.5. The molecule has 0 aliphatic heterocycles. The van der Waals surface area contributed by atoms with E-state index in [1.54, 1.807) is 12.4 Å².